The number of benzene rings is 1. The first-order valence-corrected chi connectivity index (χ1v) is 12.4. The molecule has 1 aliphatic heterocycles. The predicted octanol–water partition coefficient (Wildman–Crippen LogP) is 3.61. The number of likely N-dealkylation sites (tertiary alicyclic amines) is 1. The molecule has 2 N–H and O–H groups in total. The minimum atomic E-state index is -3.32. The van der Waals surface area contributed by atoms with Crippen molar-refractivity contribution in [1.82, 2.24) is 14.3 Å². The van der Waals surface area contributed by atoms with E-state index in [4.69, 9.17) is 4.42 Å². The maximum atomic E-state index is 11.6. The molecule has 0 atom stereocenters. The third kappa shape index (κ3) is 5.20. The van der Waals surface area contributed by atoms with Gasteiger partial charge in [0.25, 0.3) is 10.2 Å². The first-order valence-electron chi connectivity index (χ1n) is 10.9. The lowest BCUT2D eigenvalue weighted by molar-refractivity contribution is 0.185. The predicted molar refractivity (Wildman–Crippen MR) is 116 cm³/mol. The van der Waals surface area contributed by atoms with Gasteiger partial charge in [0.1, 0.15) is 5.58 Å². The lowest BCUT2D eigenvalue weighted by atomic mass is 9.84. The number of piperidine rings is 1. The Kier molecular flexibility index (Phi) is 6.59. The van der Waals surface area contributed by atoms with E-state index < -0.39 is 10.2 Å². The highest BCUT2D eigenvalue weighted by atomic mass is 32.2. The molecule has 160 valence electrons. The fourth-order valence-electron chi connectivity index (χ4n) is 4.99. The van der Waals surface area contributed by atoms with Gasteiger partial charge in [-0.2, -0.15) is 13.1 Å². The Morgan fingerprint density at radius 1 is 1.07 bits per heavy atom. The molecule has 2 aliphatic rings. The quantitative estimate of drug-likeness (QED) is 0.719. The summed E-state index contributed by atoms with van der Waals surface area (Å²) in [6, 6.07) is 8.43. The second kappa shape index (κ2) is 9.16. The van der Waals surface area contributed by atoms with Gasteiger partial charge in [0.2, 0.25) is 0 Å². The van der Waals surface area contributed by atoms with Crippen LogP contribution in [0.1, 0.15) is 56.4 Å². The van der Waals surface area contributed by atoms with Gasteiger partial charge in [0.15, 0.2) is 0 Å². The van der Waals surface area contributed by atoms with Gasteiger partial charge in [-0.05, 0) is 82.5 Å². The van der Waals surface area contributed by atoms with Crippen LogP contribution in [0.5, 0.6) is 0 Å². The Balaban J connectivity index is 1.19. The Bertz CT molecular complexity index is 895. The fraction of sp³-hybridized carbons (Fsp3) is 0.636. The SMILES string of the molecule is CNS(=O)(=O)NC1CCC(CCN2CCC(c3coc4ccccc34)CC2)CC1. The Hall–Kier alpha value is -1.41. The molecule has 1 saturated heterocycles. The van der Waals surface area contributed by atoms with Crippen molar-refractivity contribution in [2.75, 3.05) is 26.7 Å². The van der Waals surface area contributed by atoms with Crippen LogP contribution in [0, 0.1) is 5.92 Å². The van der Waals surface area contributed by atoms with E-state index in [1.807, 2.05) is 18.4 Å². The highest BCUT2D eigenvalue weighted by Crippen LogP contribution is 2.35. The maximum absolute atomic E-state index is 11.6. The summed E-state index contributed by atoms with van der Waals surface area (Å²) in [6.45, 7) is 3.47. The smallest absolute Gasteiger partial charge is 0.276 e. The first-order chi connectivity index (χ1) is 14.0. The van der Waals surface area contributed by atoms with E-state index in [1.54, 1.807) is 0 Å². The third-order valence-corrected chi connectivity index (χ3v) is 8.01. The molecular weight excluding hydrogens is 386 g/mol. The van der Waals surface area contributed by atoms with E-state index in [-0.39, 0.29) is 6.04 Å². The van der Waals surface area contributed by atoms with E-state index in [0.717, 1.165) is 56.8 Å². The van der Waals surface area contributed by atoms with E-state index in [2.05, 4.69) is 26.5 Å². The minimum absolute atomic E-state index is 0.0872. The zero-order valence-electron chi connectivity index (χ0n) is 17.3. The summed E-state index contributed by atoms with van der Waals surface area (Å²) in [5.41, 5.74) is 2.38. The average molecular weight is 420 g/mol. The molecule has 4 rings (SSSR count). The van der Waals surface area contributed by atoms with Crippen LogP contribution in [0.25, 0.3) is 11.0 Å². The third-order valence-electron chi connectivity index (χ3n) is 6.83. The number of hydrogen-bond acceptors (Lipinski definition) is 4. The molecule has 7 heteroatoms. The van der Waals surface area contributed by atoms with Gasteiger partial charge >= 0.3 is 0 Å². The van der Waals surface area contributed by atoms with Crippen molar-refractivity contribution in [3.05, 3.63) is 36.1 Å². The van der Waals surface area contributed by atoms with E-state index in [9.17, 15) is 8.42 Å². The Morgan fingerprint density at radius 3 is 2.52 bits per heavy atom. The number of para-hydroxylation sites is 1. The molecule has 1 saturated carbocycles. The number of furan rings is 1. The van der Waals surface area contributed by atoms with Crippen molar-refractivity contribution in [3.8, 4) is 0 Å². The summed E-state index contributed by atoms with van der Waals surface area (Å²) in [6.07, 6.45) is 9.71. The maximum Gasteiger partial charge on any atom is 0.276 e. The molecule has 0 amide bonds. The Labute approximate surface area is 174 Å². The average Bonchev–Trinajstić information content (AvgIpc) is 3.18. The van der Waals surface area contributed by atoms with Crippen LogP contribution in [-0.2, 0) is 10.2 Å². The molecule has 29 heavy (non-hydrogen) atoms. The lowest BCUT2D eigenvalue weighted by Gasteiger charge is -2.34. The van der Waals surface area contributed by atoms with Crippen LogP contribution in [0.2, 0.25) is 0 Å². The molecular formula is C22H33N3O3S. The monoisotopic (exact) mass is 419 g/mol. The lowest BCUT2D eigenvalue weighted by Crippen LogP contribution is -2.43. The van der Waals surface area contributed by atoms with E-state index >= 15 is 0 Å². The highest BCUT2D eigenvalue weighted by Gasteiger charge is 2.26. The van der Waals surface area contributed by atoms with Crippen LogP contribution >= 0.6 is 0 Å². The van der Waals surface area contributed by atoms with E-state index in [0.29, 0.717) is 5.92 Å². The molecule has 2 heterocycles. The molecule has 1 aliphatic carbocycles. The summed E-state index contributed by atoms with van der Waals surface area (Å²) in [7, 11) is -1.87. The number of nitrogens with one attached hydrogen (secondary N) is 2. The van der Waals surface area contributed by atoms with Gasteiger partial charge in [-0.3, -0.25) is 0 Å². The summed E-state index contributed by atoms with van der Waals surface area (Å²) in [5, 5.41) is 1.27. The zero-order chi connectivity index (χ0) is 20.3. The fourth-order valence-corrected chi connectivity index (χ4v) is 5.79. The zero-order valence-corrected chi connectivity index (χ0v) is 18.1. The van der Waals surface area contributed by atoms with Gasteiger partial charge in [-0.1, -0.05) is 18.2 Å². The Morgan fingerprint density at radius 2 is 1.79 bits per heavy atom. The van der Waals surface area contributed by atoms with Gasteiger partial charge in [0, 0.05) is 24.0 Å². The summed E-state index contributed by atoms with van der Waals surface area (Å²) in [4.78, 5) is 2.61. The van der Waals surface area contributed by atoms with Gasteiger partial charge in [-0.15, -0.1) is 0 Å². The van der Waals surface area contributed by atoms with Crippen LogP contribution in [0.4, 0.5) is 0 Å². The first kappa shape index (κ1) is 20.8. The summed E-state index contributed by atoms with van der Waals surface area (Å²) in [5.74, 6) is 1.33. The molecule has 0 unspecified atom stereocenters. The molecule has 0 radical (unpaired) electrons. The number of fused-ring (bicyclic) bond motifs is 1. The van der Waals surface area contributed by atoms with Crippen molar-refractivity contribution in [1.29, 1.82) is 0 Å². The molecule has 0 spiro atoms. The normalized spacial score (nSPS) is 24.9. The van der Waals surface area contributed by atoms with Crippen LogP contribution in [0.15, 0.2) is 34.9 Å². The summed E-state index contributed by atoms with van der Waals surface area (Å²) >= 11 is 0. The van der Waals surface area contributed by atoms with Crippen molar-refractivity contribution >= 4 is 21.2 Å². The van der Waals surface area contributed by atoms with Gasteiger partial charge in [-0.25, -0.2) is 4.72 Å². The van der Waals surface area contributed by atoms with Crippen molar-refractivity contribution in [2.45, 2.75) is 56.9 Å². The van der Waals surface area contributed by atoms with Gasteiger partial charge in [0.05, 0.1) is 6.26 Å². The molecule has 6 nitrogen and oxygen atoms in total. The van der Waals surface area contributed by atoms with E-state index in [1.165, 1.54) is 37.3 Å². The number of rotatable bonds is 7. The number of hydrogen-bond donors (Lipinski definition) is 2. The molecule has 1 aromatic heterocycles. The molecule has 0 bridgehead atoms. The largest absolute Gasteiger partial charge is 0.464 e. The second-order valence-corrected chi connectivity index (χ2v) is 10.3. The number of nitrogens with zero attached hydrogens (tertiary/aromatic N) is 1. The van der Waals surface area contributed by atoms with Crippen LogP contribution in [-0.4, -0.2) is 46.0 Å². The minimum Gasteiger partial charge on any atom is -0.464 e. The summed E-state index contributed by atoms with van der Waals surface area (Å²) < 4.78 is 34.1. The molecule has 1 aromatic carbocycles. The van der Waals surface area contributed by atoms with Crippen molar-refractivity contribution in [3.63, 3.8) is 0 Å². The topological polar surface area (TPSA) is 74.6 Å². The second-order valence-electron chi connectivity index (χ2n) is 8.63. The van der Waals surface area contributed by atoms with Crippen molar-refractivity contribution in [2.24, 2.45) is 5.92 Å². The van der Waals surface area contributed by atoms with Crippen LogP contribution < -0.4 is 9.44 Å². The molecule has 2 aromatic rings. The van der Waals surface area contributed by atoms with Crippen LogP contribution in [0.3, 0.4) is 0 Å². The highest BCUT2D eigenvalue weighted by molar-refractivity contribution is 7.87. The standard InChI is InChI=1S/C22H33N3O3S/c1-23-29(26,27)24-19-8-6-17(7-9-19)10-13-25-14-11-18(12-15-25)21-16-28-22-5-3-2-4-20(21)22/h2-5,16-19,23-24H,6-15H2,1H3. The van der Waals surface area contributed by atoms with Crippen molar-refractivity contribution < 1.29 is 12.8 Å². The van der Waals surface area contributed by atoms with Gasteiger partial charge < -0.3 is 9.32 Å². The molecule has 2 fully saturated rings.